The van der Waals surface area contributed by atoms with Crippen LogP contribution in [0.3, 0.4) is 0 Å². The summed E-state index contributed by atoms with van der Waals surface area (Å²) < 4.78 is 0. The van der Waals surface area contributed by atoms with Crippen LogP contribution in [0.15, 0.2) is 0 Å². The molecule has 4 aliphatic carbocycles. The lowest BCUT2D eigenvalue weighted by molar-refractivity contribution is -0.147. The summed E-state index contributed by atoms with van der Waals surface area (Å²) in [6, 6.07) is 0. The molecule has 0 aromatic carbocycles. The maximum atomic E-state index is 10.7. The fourth-order valence-corrected chi connectivity index (χ4v) is 6.47. The molecule has 3 nitrogen and oxygen atoms in total. The van der Waals surface area contributed by atoms with Crippen LogP contribution in [0.5, 0.6) is 0 Å². The minimum atomic E-state index is -0.247. The van der Waals surface area contributed by atoms with Crippen LogP contribution in [0.2, 0.25) is 0 Å². The Morgan fingerprint density at radius 3 is 2.30 bits per heavy atom. The van der Waals surface area contributed by atoms with Crippen molar-refractivity contribution in [3.63, 3.8) is 0 Å². The molecule has 0 radical (unpaired) electrons. The zero-order valence-electron chi connectivity index (χ0n) is 12.2. The molecule has 0 saturated heterocycles. The highest BCUT2D eigenvalue weighted by Gasteiger charge is 2.55. The largest absolute Gasteiger partial charge is 0.393 e. The first kappa shape index (κ1) is 13.5. The summed E-state index contributed by atoms with van der Waals surface area (Å²) in [6.45, 7) is 0. The summed E-state index contributed by atoms with van der Waals surface area (Å²) in [5.41, 5.74) is 0. The molecule has 3 heteroatoms. The van der Waals surface area contributed by atoms with E-state index in [1.807, 2.05) is 0 Å². The van der Waals surface area contributed by atoms with Gasteiger partial charge in [0, 0.05) is 0 Å². The van der Waals surface area contributed by atoms with Gasteiger partial charge in [0.1, 0.15) is 0 Å². The highest BCUT2D eigenvalue weighted by molar-refractivity contribution is 5.04. The van der Waals surface area contributed by atoms with Gasteiger partial charge in [-0.3, -0.25) is 0 Å². The van der Waals surface area contributed by atoms with Crippen LogP contribution in [-0.2, 0) is 0 Å². The van der Waals surface area contributed by atoms with Crippen molar-refractivity contribution in [1.29, 1.82) is 0 Å². The van der Waals surface area contributed by atoms with Gasteiger partial charge in [0.05, 0.1) is 18.3 Å². The summed E-state index contributed by atoms with van der Waals surface area (Å²) >= 11 is 0. The Bertz CT molecular complexity index is 371. The van der Waals surface area contributed by atoms with E-state index in [-0.39, 0.29) is 24.2 Å². The van der Waals surface area contributed by atoms with Crippen LogP contribution < -0.4 is 0 Å². The molecule has 0 aromatic heterocycles. The molecular weight excluding hydrogens is 252 g/mol. The lowest BCUT2D eigenvalue weighted by Crippen LogP contribution is -2.55. The van der Waals surface area contributed by atoms with Crippen LogP contribution in [0.25, 0.3) is 0 Å². The SMILES string of the molecule is OC1CCC2C(C1)C(O)CC1C3CCCC3CC(O)C21. The van der Waals surface area contributed by atoms with Crippen molar-refractivity contribution < 1.29 is 15.3 Å². The fourth-order valence-electron chi connectivity index (χ4n) is 6.47. The highest BCUT2D eigenvalue weighted by Crippen LogP contribution is 2.57. The third-order valence-electron chi connectivity index (χ3n) is 7.18. The molecule has 9 atom stereocenters. The number of aliphatic hydroxyl groups is 3. The topological polar surface area (TPSA) is 60.7 Å². The van der Waals surface area contributed by atoms with Gasteiger partial charge in [0.2, 0.25) is 0 Å². The van der Waals surface area contributed by atoms with Gasteiger partial charge in [-0.2, -0.15) is 0 Å². The van der Waals surface area contributed by atoms with Crippen molar-refractivity contribution in [2.75, 3.05) is 0 Å². The summed E-state index contributed by atoms with van der Waals surface area (Å²) in [4.78, 5) is 0. The minimum absolute atomic E-state index is 0.158. The number of hydrogen-bond acceptors (Lipinski definition) is 3. The molecule has 0 spiro atoms. The van der Waals surface area contributed by atoms with Crippen LogP contribution in [0.1, 0.15) is 51.4 Å². The Hall–Kier alpha value is -0.120. The van der Waals surface area contributed by atoms with Crippen molar-refractivity contribution in [2.45, 2.75) is 69.7 Å². The van der Waals surface area contributed by atoms with Gasteiger partial charge < -0.3 is 15.3 Å². The van der Waals surface area contributed by atoms with E-state index in [0.29, 0.717) is 23.7 Å². The molecule has 0 amide bonds. The normalized spacial score (nSPS) is 58.6. The van der Waals surface area contributed by atoms with Gasteiger partial charge in [-0.1, -0.05) is 12.8 Å². The second-order valence-electron chi connectivity index (χ2n) is 8.00. The minimum Gasteiger partial charge on any atom is -0.393 e. The number of rotatable bonds is 0. The monoisotopic (exact) mass is 280 g/mol. The quantitative estimate of drug-likeness (QED) is 0.635. The first-order valence-corrected chi connectivity index (χ1v) is 8.69. The van der Waals surface area contributed by atoms with Gasteiger partial charge in [-0.25, -0.2) is 0 Å². The van der Waals surface area contributed by atoms with E-state index in [0.717, 1.165) is 38.0 Å². The molecule has 0 heterocycles. The maximum absolute atomic E-state index is 10.7. The molecule has 0 aromatic rings. The van der Waals surface area contributed by atoms with E-state index in [2.05, 4.69) is 0 Å². The van der Waals surface area contributed by atoms with E-state index in [9.17, 15) is 15.3 Å². The van der Waals surface area contributed by atoms with Gasteiger partial charge >= 0.3 is 0 Å². The van der Waals surface area contributed by atoms with Crippen LogP contribution in [0, 0.1) is 35.5 Å². The Kier molecular flexibility index (Phi) is 3.36. The van der Waals surface area contributed by atoms with Gasteiger partial charge in [0.25, 0.3) is 0 Å². The summed E-state index contributed by atoms with van der Waals surface area (Å²) in [7, 11) is 0. The first-order chi connectivity index (χ1) is 9.65. The van der Waals surface area contributed by atoms with E-state index in [1.54, 1.807) is 0 Å². The second-order valence-corrected chi connectivity index (χ2v) is 8.00. The lowest BCUT2D eigenvalue weighted by Gasteiger charge is -2.55. The maximum Gasteiger partial charge on any atom is 0.0576 e. The van der Waals surface area contributed by atoms with E-state index in [1.165, 1.54) is 19.3 Å². The van der Waals surface area contributed by atoms with Crippen molar-refractivity contribution >= 4 is 0 Å². The van der Waals surface area contributed by atoms with Gasteiger partial charge in [0.15, 0.2) is 0 Å². The Balaban J connectivity index is 1.62. The smallest absolute Gasteiger partial charge is 0.0576 e. The Morgan fingerprint density at radius 1 is 0.600 bits per heavy atom. The molecule has 4 saturated carbocycles. The first-order valence-electron chi connectivity index (χ1n) is 8.69. The second kappa shape index (κ2) is 4.96. The Labute approximate surface area is 121 Å². The molecular formula is C17H28O3. The van der Waals surface area contributed by atoms with Crippen molar-refractivity contribution in [2.24, 2.45) is 35.5 Å². The predicted molar refractivity (Wildman–Crippen MR) is 75.9 cm³/mol. The van der Waals surface area contributed by atoms with Gasteiger partial charge in [-0.15, -0.1) is 0 Å². The van der Waals surface area contributed by atoms with Crippen molar-refractivity contribution in [3.05, 3.63) is 0 Å². The van der Waals surface area contributed by atoms with Crippen LogP contribution in [-0.4, -0.2) is 33.6 Å². The average Bonchev–Trinajstić information content (AvgIpc) is 2.87. The zero-order chi connectivity index (χ0) is 13.9. The third-order valence-corrected chi connectivity index (χ3v) is 7.18. The molecule has 114 valence electrons. The van der Waals surface area contributed by atoms with Gasteiger partial charge in [-0.05, 0) is 74.0 Å². The van der Waals surface area contributed by atoms with E-state index >= 15 is 0 Å². The summed E-state index contributed by atoms with van der Waals surface area (Å²) in [5.74, 6) is 3.08. The van der Waals surface area contributed by atoms with E-state index in [4.69, 9.17) is 0 Å². The highest BCUT2D eigenvalue weighted by atomic mass is 16.3. The van der Waals surface area contributed by atoms with E-state index < -0.39 is 0 Å². The van der Waals surface area contributed by atoms with Crippen molar-refractivity contribution in [3.8, 4) is 0 Å². The average molecular weight is 280 g/mol. The molecule has 20 heavy (non-hydrogen) atoms. The standard InChI is InChI=1S/C17H28O3/c18-10-4-5-12-13(7-10)15(19)8-14-11-3-1-2-9(11)6-16(20)17(12)14/h9-20H,1-8H2. The molecule has 0 aliphatic heterocycles. The molecule has 4 rings (SSSR count). The molecule has 4 aliphatic rings. The van der Waals surface area contributed by atoms with Crippen LogP contribution in [0.4, 0.5) is 0 Å². The molecule has 4 fully saturated rings. The third kappa shape index (κ3) is 1.97. The van der Waals surface area contributed by atoms with Crippen molar-refractivity contribution in [1.82, 2.24) is 0 Å². The molecule has 3 N–H and O–H groups in total. The number of hydrogen-bond donors (Lipinski definition) is 3. The summed E-state index contributed by atoms with van der Waals surface area (Å²) in [5, 5.41) is 31.2. The zero-order valence-corrected chi connectivity index (χ0v) is 12.2. The fraction of sp³-hybridized carbons (Fsp3) is 1.00. The number of aliphatic hydroxyl groups excluding tert-OH is 3. The summed E-state index contributed by atoms with van der Waals surface area (Å²) in [6.07, 6.45) is 7.74. The number of fused-ring (bicyclic) bond motifs is 5. The molecule has 9 unspecified atom stereocenters. The van der Waals surface area contributed by atoms with Crippen LogP contribution >= 0.6 is 0 Å². The molecule has 0 bridgehead atoms. The lowest BCUT2D eigenvalue weighted by atomic mass is 9.52. The Morgan fingerprint density at radius 2 is 1.45 bits per heavy atom. The predicted octanol–water partition coefficient (Wildman–Crippen LogP) is 1.94.